The number of nitrogens with one attached hydrogen (secondary N) is 3. The molecule has 0 aliphatic rings. The first-order valence-corrected chi connectivity index (χ1v) is 12.7. The van der Waals surface area contributed by atoms with Crippen LogP contribution in [-0.2, 0) is 0 Å². The molecule has 0 saturated heterocycles. The van der Waals surface area contributed by atoms with E-state index < -0.39 is 0 Å². The third-order valence-electron chi connectivity index (χ3n) is 6.73. The highest BCUT2D eigenvalue weighted by Crippen LogP contribution is 2.35. The Bertz CT molecular complexity index is 1780. The van der Waals surface area contributed by atoms with Gasteiger partial charge in [0.05, 0.1) is 23.3 Å². The number of hydrogen-bond acceptors (Lipinski definition) is 4. The van der Waals surface area contributed by atoms with Crippen LogP contribution in [0.2, 0.25) is 0 Å². The summed E-state index contributed by atoms with van der Waals surface area (Å²) in [5, 5.41) is 12.7. The van der Waals surface area contributed by atoms with E-state index in [0.717, 1.165) is 75.0 Å². The molecule has 4 heterocycles. The molecule has 0 spiro atoms. The van der Waals surface area contributed by atoms with E-state index in [1.165, 1.54) is 6.07 Å². The van der Waals surface area contributed by atoms with Gasteiger partial charge in [-0.25, -0.2) is 9.37 Å². The molecule has 0 amide bonds. The van der Waals surface area contributed by atoms with E-state index in [-0.39, 0.29) is 5.82 Å². The van der Waals surface area contributed by atoms with E-state index in [9.17, 15) is 4.39 Å². The van der Waals surface area contributed by atoms with Crippen molar-refractivity contribution >= 4 is 27.6 Å². The molecule has 0 atom stereocenters. The van der Waals surface area contributed by atoms with E-state index >= 15 is 0 Å². The normalized spacial score (nSPS) is 11.3. The molecule has 0 fully saturated rings. The summed E-state index contributed by atoms with van der Waals surface area (Å²) in [5.41, 5.74) is 8.36. The first kappa shape index (κ1) is 23.6. The summed E-state index contributed by atoms with van der Waals surface area (Å²) in [6.45, 7) is 6.30. The highest BCUT2D eigenvalue weighted by Gasteiger charge is 2.16. The lowest BCUT2D eigenvalue weighted by Crippen LogP contribution is -1.98. The number of allylic oxidation sites excluding steroid dienone is 1. The van der Waals surface area contributed by atoms with Crippen LogP contribution in [0.4, 0.5) is 10.1 Å². The topological polar surface area (TPSA) is 82.3 Å². The molecular weight excluding hydrogens is 475 g/mol. The molecule has 0 saturated carbocycles. The average molecular weight is 503 g/mol. The van der Waals surface area contributed by atoms with Crippen LogP contribution < -0.4 is 5.32 Å². The first-order chi connectivity index (χ1) is 18.6. The van der Waals surface area contributed by atoms with Crippen molar-refractivity contribution in [1.82, 2.24) is 25.1 Å². The maximum Gasteiger partial charge on any atom is 0.181 e. The van der Waals surface area contributed by atoms with Gasteiger partial charge in [-0.05, 0) is 48.7 Å². The molecule has 6 rings (SSSR count). The number of aromatic nitrogens is 5. The van der Waals surface area contributed by atoms with Crippen molar-refractivity contribution in [3.05, 3.63) is 97.3 Å². The summed E-state index contributed by atoms with van der Waals surface area (Å²) in [5.74, 6) is -0.247. The van der Waals surface area contributed by atoms with Crippen molar-refractivity contribution in [3.63, 3.8) is 0 Å². The third kappa shape index (κ3) is 4.43. The number of anilines is 1. The molecule has 6 nitrogen and oxygen atoms in total. The molecule has 0 radical (unpaired) electrons. The Balaban J connectivity index is 1.38. The summed E-state index contributed by atoms with van der Waals surface area (Å²) >= 11 is 0. The molecule has 0 bridgehead atoms. The summed E-state index contributed by atoms with van der Waals surface area (Å²) in [4.78, 5) is 12.5. The number of halogens is 1. The fourth-order valence-electron chi connectivity index (χ4n) is 4.79. The van der Waals surface area contributed by atoms with Crippen LogP contribution in [0, 0.1) is 5.82 Å². The summed E-state index contributed by atoms with van der Waals surface area (Å²) in [6, 6.07) is 18.8. The Morgan fingerprint density at radius 2 is 1.79 bits per heavy atom. The lowest BCUT2D eigenvalue weighted by Gasteiger charge is -2.10. The number of rotatable bonds is 8. The van der Waals surface area contributed by atoms with Crippen LogP contribution >= 0.6 is 0 Å². The van der Waals surface area contributed by atoms with Gasteiger partial charge in [0.25, 0.3) is 0 Å². The molecule has 0 aliphatic heterocycles. The number of H-pyrrole nitrogens is 2. The van der Waals surface area contributed by atoms with Crippen LogP contribution in [0.1, 0.15) is 26.2 Å². The number of unbranched alkanes of at least 4 members (excludes halogenated alkanes) is 1. The number of aromatic amines is 2. The standard InChI is InChI=1S/C31H27FN6/c1-3-4-8-19(2)35-22-13-20(16-33-18-22)21-14-26-30(37-38-31(26)34-17-21)29-15-25-23(10-7-12-28(25)36-29)24-9-5-6-11-27(24)32/h5-7,9-18,35-36H,2-4,8H2,1H3,(H,34,37,38). The molecule has 7 heteroatoms. The smallest absolute Gasteiger partial charge is 0.181 e. The van der Waals surface area contributed by atoms with E-state index in [1.54, 1.807) is 24.5 Å². The summed E-state index contributed by atoms with van der Waals surface area (Å²) in [7, 11) is 0. The Hall–Kier alpha value is -4.78. The van der Waals surface area contributed by atoms with Gasteiger partial charge < -0.3 is 10.3 Å². The minimum Gasteiger partial charge on any atom is -0.358 e. The van der Waals surface area contributed by atoms with Gasteiger partial charge in [0, 0.05) is 51.1 Å². The maximum absolute atomic E-state index is 14.6. The lowest BCUT2D eigenvalue weighted by atomic mass is 10.0. The Morgan fingerprint density at radius 1 is 0.947 bits per heavy atom. The molecule has 0 aliphatic carbocycles. The van der Waals surface area contributed by atoms with Gasteiger partial charge in [0.1, 0.15) is 5.82 Å². The number of hydrogen-bond donors (Lipinski definition) is 3. The predicted octanol–water partition coefficient (Wildman–Crippen LogP) is 8.09. The van der Waals surface area contributed by atoms with Crippen molar-refractivity contribution in [1.29, 1.82) is 0 Å². The molecular formula is C31H27FN6. The van der Waals surface area contributed by atoms with Crippen molar-refractivity contribution in [2.75, 3.05) is 5.32 Å². The predicted molar refractivity (Wildman–Crippen MR) is 152 cm³/mol. The van der Waals surface area contributed by atoms with Crippen LogP contribution in [0.5, 0.6) is 0 Å². The fourth-order valence-corrected chi connectivity index (χ4v) is 4.79. The van der Waals surface area contributed by atoms with Gasteiger partial charge in [0.15, 0.2) is 5.65 Å². The molecule has 4 aromatic heterocycles. The maximum atomic E-state index is 14.6. The molecule has 3 N–H and O–H groups in total. The van der Waals surface area contributed by atoms with Gasteiger partial charge in [-0.2, -0.15) is 5.10 Å². The van der Waals surface area contributed by atoms with Crippen LogP contribution in [-0.4, -0.2) is 25.1 Å². The van der Waals surface area contributed by atoms with E-state index in [1.807, 2.05) is 36.5 Å². The first-order valence-electron chi connectivity index (χ1n) is 12.7. The van der Waals surface area contributed by atoms with Crippen LogP contribution in [0.3, 0.4) is 0 Å². The monoisotopic (exact) mass is 502 g/mol. The average Bonchev–Trinajstić information content (AvgIpc) is 3.56. The van der Waals surface area contributed by atoms with Gasteiger partial charge in [-0.3, -0.25) is 10.1 Å². The van der Waals surface area contributed by atoms with E-state index in [4.69, 9.17) is 0 Å². The van der Waals surface area contributed by atoms with Crippen molar-refractivity contribution in [2.24, 2.45) is 0 Å². The molecule has 188 valence electrons. The zero-order valence-corrected chi connectivity index (χ0v) is 21.1. The molecule has 0 unspecified atom stereocenters. The summed E-state index contributed by atoms with van der Waals surface area (Å²) in [6.07, 6.45) is 8.58. The fraction of sp³-hybridized carbons (Fsp3) is 0.129. The van der Waals surface area contributed by atoms with Crippen molar-refractivity contribution in [2.45, 2.75) is 26.2 Å². The Kier molecular flexibility index (Phi) is 6.17. The largest absolute Gasteiger partial charge is 0.358 e. The third-order valence-corrected chi connectivity index (χ3v) is 6.73. The van der Waals surface area contributed by atoms with Gasteiger partial charge >= 0.3 is 0 Å². The number of nitrogens with zero attached hydrogens (tertiary/aromatic N) is 3. The zero-order valence-electron chi connectivity index (χ0n) is 21.1. The van der Waals surface area contributed by atoms with E-state index in [2.05, 4.69) is 56.1 Å². The van der Waals surface area contributed by atoms with Crippen LogP contribution in [0.15, 0.2) is 91.5 Å². The number of fused-ring (bicyclic) bond motifs is 2. The SMILES string of the molecule is C=C(CCCC)Nc1cncc(-c2cnc3n[nH]c(-c4cc5c(-c6ccccc6F)cccc5[nH]4)c3c2)c1. The summed E-state index contributed by atoms with van der Waals surface area (Å²) < 4.78 is 14.6. The lowest BCUT2D eigenvalue weighted by molar-refractivity contribution is 0.631. The van der Waals surface area contributed by atoms with Crippen molar-refractivity contribution in [3.8, 4) is 33.6 Å². The molecule has 2 aromatic carbocycles. The molecule has 38 heavy (non-hydrogen) atoms. The minimum atomic E-state index is -0.247. The number of benzene rings is 2. The van der Waals surface area contributed by atoms with Gasteiger partial charge in [0.2, 0.25) is 0 Å². The van der Waals surface area contributed by atoms with E-state index in [0.29, 0.717) is 11.2 Å². The second-order valence-corrected chi connectivity index (χ2v) is 9.42. The molecule has 6 aromatic rings. The Morgan fingerprint density at radius 3 is 2.66 bits per heavy atom. The van der Waals surface area contributed by atoms with Gasteiger partial charge in [-0.15, -0.1) is 0 Å². The quantitative estimate of drug-likeness (QED) is 0.196. The second-order valence-electron chi connectivity index (χ2n) is 9.42. The highest BCUT2D eigenvalue weighted by molar-refractivity contribution is 6.01. The second kappa shape index (κ2) is 9.94. The van der Waals surface area contributed by atoms with Crippen LogP contribution in [0.25, 0.3) is 55.6 Å². The Labute approximate surface area is 219 Å². The minimum absolute atomic E-state index is 0.247. The van der Waals surface area contributed by atoms with Gasteiger partial charge in [-0.1, -0.05) is 50.3 Å². The highest BCUT2D eigenvalue weighted by atomic mass is 19.1. The van der Waals surface area contributed by atoms with Crippen molar-refractivity contribution < 1.29 is 4.39 Å². The number of pyridine rings is 2. The zero-order chi connectivity index (χ0) is 26.1.